The zero-order valence-corrected chi connectivity index (χ0v) is 11.7. The van der Waals surface area contributed by atoms with Crippen molar-refractivity contribution in [3.63, 3.8) is 0 Å². The van der Waals surface area contributed by atoms with Gasteiger partial charge in [-0.25, -0.2) is 9.97 Å². The lowest BCUT2D eigenvalue weighted by Crippen LogP contribution is -2.24. The number of nitrogens with zero attached hydrogens (tertiary/aromatic N) is 4. The number of imidazole rings is 1. The molecule has 3 rings (SSSR count). The fraction of sp³-hybridized carbons (Fsp3) is 0.615. The predicted octanol–water partition coefficient (Wildman–Crippen LogP) is 0.256. The monoisotopic (exact) mass is 294 g/mol. The van der Waals surface area contributed by atoms with Gasteiger partial charge in [0.05, 0.1) is 25.6 Å². The third kappa shape index (κ3) is 2.57. The summed E-state index contributed by atoms with van der Waals surface area (Å²) >= 11 is 0. The fourth-order valence-corrected chi connectivity index (χ4v) is 2.40. The molecule has 0 amide bonds. The Kier molecular flexibility index (Phi) is 4.00. The Hall–Kier alpha value is -1.77. The van der Waals surface area contributed by atoms with Gasteiger partial charge >= 0.3 is 0 Å². The molecule has 1 aliphatic rings. The van der Waals surface area contributed by atoms with Crippen molar-refractivity contribution < 1.29 is 19.7 Å². The van der Waals surface area contributed by atoms with Crippen molar-refractivity contribution in [3.05, 3.63) is 12.7 Å². The van der Waals surface area contributed by atoms with Crippen LogP contribution in [0.1, 0.15) is 26.0 Å². The molecular formula is C13H18N4O4. The smallest absolute Gasteiger partial charge is 0.245 e. The highest BCUT2D eigenvalue weighted by atomic mass is 16.5. The summed E-state index contributed by atoms with van der Waals surface area (Å²) in [6.45, 7) is 2.36. The van der Waals surface area contributed by atoms with Crippen LogP contribution in [0.5, 0.6) is 5.88 Å². The Morgan fingerprint density at radius 3 is 3.00 bits per heavy atom. The second kappa shape index (κ2) is 5.92. The predicted molar refractivity (Wildman–Crippen MR) is 72.7 cm³/mol. The van der Waals surface area contributed by atoms with Crippen LogP contribution in [0, 0.1) is 0 Å². The van der Waals surface area contributed by atoms with Gasteiger partial charge < -0.3 is 19.7 Å². The molecule has 3 atom stereocenters. The molecule has 1 saturated heterocycles. The Balaban J connectivity index is 1.90. The molecule has 1 fully saturated rings. The van der Waals surface area contributed by atoms with Crippen LogP contribution in [0.25, 0.3) is 11.2 Å². The molecule has 2 aromatic heterocycles. The van der Waals surface area contributed by atoms with Gasteiger partial charge in [-0.05, 0) is 6.42 Å². The summed E-state index contributed by atoms with van der Waals surface area (Å²) in [7, 11) is 0. The summed E-state index contributed by atoms with van der Waals surface area (Å²) in [4.78, 5) is 12.6. The van der Waals surface area contributed by atoms with Crippen LogP contribution in [-0.2, 0) is 4.74 Å². The third-order valence-electron chi connectivity index (χ3n) is 3.46. The Morgan fingerprint density at radius 2 is 2.29 bits per heavy atom. The first kappa shape index (κ1) is 14.2. The van der Waals surface area contributed by atoms with Gasteiger partial charge in [-0.3, -0.25) is 4.57 Å². The topological polar surface area (TPSA) is 103 Å². The van der Waals surface area contributed by atoms with Crippen molar-refractivity contribution in [1.29, 1.82) is 0 Å². The maximum atomic E-state index is 9.82. The van der Waals surface area contributed by atoms with Crippen LogP contribution in [0.2, 0.25) is 0 Å². The van der Waals surface area contributed by atoms with Gasteiger partial charge in [0.25, 0.3) is 0 Å². The largest absolute Gasteiger partial charge is 0.476 e. The van der Waals surface area contributed by atoms with E-state index in [9.17, 15) is 5.11 Å². The lowest BCUT2D eigenvalue weighted by molar-refractivity contribution is -0.0432. The molecule has 8 heteroatoms. The van der Waals surface area contributed by atoms with E-state index in [1.54, 1.807) is 10.9 Å². The minimum atomic E-state index is -0.699. The van der Waals surface area contributed by atoms with Crippen molar-refractivity contribution in [2.45, 2.75) is 38.2 Å². The van der Waals surface area contributed by atoms with E-state index < -0.39 is 18.4 Å². The summed E-state index contributed by atoms with van der Waals surface area (Å²) in [5.74, 6) is 0.442. The van der Waals surface area contributed by atoms with Crippen LogP contribution >= 0.6 is 0 Å². The van der Waals surface area contributed by atoms with E-state index in [0.29, 0.717) is 30.1 Å². The highest BCUT2D eigenvalue weighted by Gasteiger charge is 2.35. The lowest BCUT2D eigenvalue weighted by atomic mass is 10.2. The molecule has 0 radical (unpaired) electrons. The van der Waals surface area contributed by atoms with E-state index >= 15 is 0 Å². The number of rotatable bonds is 5. The number of ether oxygens (including phenoxy) is 2. The van der Waals surface area contributed by atoms with Crippen molar-refractivity contribution in [2.75, 3.05) is 13.2 Å². The van der Waals surface area contributed by atoms with Crippen LogP contribution in [-0.4, -0.2) is 55.2 Å². The Morgan fingerprint density at radius 1 is 1.43 bits per heavy atom. The van der Waals surface area contributed by atoms with Gasteiger partial charge in [0.2, 0.25) is 5.88 Å². The number of hydrogen-bond donors (Lipinski definition) is 2. The average molecular weight is 294 g/mol. The lowest BCUT2D eigenvalue weighted by Gasteiger charge is -2.13. The number of aromatic nitrogens is 4. The highest BCUT2D eigenvalue weighted by molar-refractivity contribution is 5.76. The van der Waals surface area contributed by atoms with E-state index in [1.165, 1.54) is 6.33 Å². The molecule has 0 spiro atoms. The van der Waals surface area contributed by atoms with E-state index in [1.807, 2.05) is 6.92 Å². The Labute approximate surface area is 121 Å². The van der Waals surface area contributed by atoms with Crippen LogP contribution in [0.3, 0.4) is 0 Å². The van der Waals surface area contributed by atoms with Gasteiger partial charge in [0.1, 0.15) is 18.7 Å². The van der Waals surface area contributed by atoms with E-state index in [0.717, 1.165) is 6.42 Å². The number of aliphatic hydroxyl groups is 2. The molecule has 21 heavy (non-hydrogen) atoms. The fourth-order valence-electron chi connectivity index (χ4n) is 2.40. The van der Waals surface area contributed by atoms with E-state index in [4.69, 9.17) is 14.6 Å². The molecule has 0 unspecified atom stereocenters. The average Bonchev–Trinajstić information content (AvgIpc) is 3.08. The molecule has 0 aliphatic carbocycles. The third-order valence-corrected chi connectivity index (χ3v) is 3.46. The molecule has 0 bridgehead atoms. The maximum absolute atomic E-state index is 9.82. The van der Waals surface area contributed by atoms with Gasteiger partial charge in [-0.1, -0.05) is 6.92 Å². The second-order valence-electron chi connectivity index (χ2n) is 4.97. The molecule has 8 nitrogen and oxygen atoms in total. The van der Waals surface area contributed by atoms with Crippen LogP contribution < -0.4 is 4.74 Å². The van der Waals surface area contributed by atoms with Crippen LogP contribution in [0.15, 0.2) is 12.7 Å². The van der Waals surface area contributed by atoms with Crippen molar-refractivity contribution >= 4 is 11.2 Å². The molecule has 1 aliphatic heterocycles. The number of fused-ring (bicyclic) bond motifs is 1. The molecule has 2 N–H and O–H groups in total. The van der Waals surface area contributed by atoms with Crippen molar-refractivity contribution in [3.8, 4) is 5.88 Å². The van der Waals surface area contributed by atoms with E-state index in [-0.39, 0.29) is 6.61 Å². The standard InChI is InChI=1S/C13H18N4O4/c1-2-3-20-13-11-12(14-6-15-13)17(7-16-11)10-4-8(19)9(5-18)21-10/h6-10,18-19H,2-5H2,1H3/t8-,9+,10+/m0/s1. The van der Waals surface area contributed by atoms with Gasteiger partial charge in [-0.15, -0.1) is 0 Å². The minimum absolute atomic E-state index is 0.218. The quantitative estimate of drug-likeness (QED) is 0.815. The summed E-state index contributed by atoms with van der Waals surface area (Å²) in [5.41, 5.74) is 1.16. The SMILES string of the molecule is CCCOc1ncnc2c1ncn2[C@H]1C[C@H](O)[C@@H](CO)O1. The zero-order chi connectivity index (χ0) is 14.8. The molecule has 3 heterocycles. The Bertz CT molecular complexity index is 617. The maximum Gasteiger partial charge on any atom is 0.245 e. The molecule has 0 aromatic carbocycles. The summed E-state index contributed by atoms with van der Waals surface area (Å²) in [6, 6.07) is 0. The zero-order valence-electron chi connectivity index (χ0n) is 11.7. The summed E-state index contributed by atoms with van der Waals surface area (Å²) in [6.07, 6.45) is 2.58. The summed E-state index contributed by atoms with van der Waals surface area (Å²) < 4.78 is 12.9. The van der Waals surface area contributed by atoms with Gasteiger partial charge in [0, 0.05) is 6.42 Å². The molecule has 0 saturated carbocycles. The number of aliphatic hydroxyl groups excluding tert-OH is 2. The molecule has 114 valence electrons. The van der Waals surface area contributed by atoms with Crippen LogP contribution in [0.4, 0.5) is 0 Å². The van der Waals surface area contributed by atoms with Gasteiger partial charge in [-0.2, -0.15) is 4.98 Å². The van der Waals surface area contributed by atoms with E-state index in [2.05, 4.69) is 15.0 Å². The first-order valence-corrected chi connectivity index (χ1v) is 6.99. The number of hydrogen-bond acceptors (Lipinski definition) is 7. The van der Waals surface area contributed by atoms with Crippen molar-refractivity contribution in [1.82, 2.24) is 19.5 Å². The normalized spacial score (nSPS) is 25.6. The second-order valence-corrected chi connectivity index (χ2v) is 4.97. The van der Waals surface area contributed by atoms with Gasteiger partial charge in [0.15, 0.2) is 11.2 Å². The first-order valence-electron chi connectivity index (χ1n) is 6.99. The summed E-state index contributed by atoms with van der Waals surface area (Å²) in [5, 5.41) is 19.0. The molecule has 2 aromatic rings. The van der Waals surface area contributed by atoms with Crippen molar-refractivity contribution in [2.24, 2.45) is 0 Å². The highest BCUT2D eigenvalue weighted by Crippen LogP contribution is 2.31. The molecular weight excluding hydrogens is 276 g/mol. The minimum Gasteiger partial charge on any atom is -0.476 e. The first-order chi connectivity index (χ1) is 10.2.